The molecule has 0 aliphatic rings. The van der Waals surface area contributed by atoms with Crippen LogP contribution in [0.5, 0.6) is 0 Å². The Balaban J connectivity index is 2.16. The summed E-state index contributed by atoms with van der Waals surface area (Å²) in [4.78, 5) is 11.6. The second kappa shape index (κ2) is 8.78. The van der Waals surface area contributed by atoms with Crippen molar-refractivity contribution in [2.45, 2.75) is 6.92 Å². The largest absolute Gasteiger partial charge is 0.325 e. The molecule has 1 rings (SSSR count). The van der Waals surface area contributed by atoms with E-state index in [4.69, 9.17) is 0 Å². The highest BCUT2D eigenvalue weighted by atomic mass is 32.2. The van der Waals surface area contributed by atoms with E-state index < -0.39 is 0 Å². The van der Waals surface area contributed by atoms with E-state index in [1.165, 1.54) is 0 Å². The third kappa shape index (κ3) is 6.47. The molecule has 0 spiro atoms. The van der Waals surface area contributed by atoms with E-state index in [0.717, 1.165) is 29.3 Å². The molecule has 0 aliphatic heterocycles. The quantitative estimate of drug-likeness (QED) is 0.560. The van der Waals surface area contributed by atoms with Crippen LogP contribution in [0.15, 0.2) is 36.9 Å². The van der Waals surface area contributed by atoms with Crippen molar-refractivity contribution < 1.29 is 4.79 Å². The van der Waals surface area contributed by atoms with Gasteiger partial charge in [-0.2, -0.15) is 11.8 Å². The minimum absolute atomic E-state index is 0.00526. The predicted molar refractivity (Wildman–Crippen MR) is 80.2 cm³/mol. The highest BCUT2D eigenvalue weighted by molar-refractivity contribution is 7.99. The first kappa shape index (κ1) is 14.8. The van der Waals surface area contributed by atoms with Crippen molar-refractivity contribution in [3.8, 4) is 0 Å². The maximum atomic E-state index is 11.6. The third-order valence-corrected chi connectivity index (χ3v) is 3.21. The average molecular weight is 264 g/mol. The highest BCUT2D eigenvalue weighted by Crippen LogP contribution is 2.08. The minimum atomic E-state index is -0.00526. The van der Waals surface area contributed by atoms with Crippen LogP contribution in [-0.4, -0.2) is 30.5 Å². The topological polar surface area (TPSA) is 41.1 Å². The van der Waals surface area contributed by atoms with Gasteiger partial charge in [0.15, 0.2) is 0 Å². The monoisotopic (exact) mass is 264 g/mol. The van der Waals surface area contributed by atoms with Crippen molar-refractivity contribution in [2.24, 2.45) is 0 Å². The van der Waals surface area contributed by atoms with E-state index in [9.17, 15) is 4.79 Å². The molecule has 0 aliphatic carbocycles. The molecule has 4 heteroatoms. The van der Waals surface area contributed by atoms with E-state index in [0.29, 0.717) is 6.54 Å². The Morgan fingerprint density at radius 3 is 3.06 bits per heavy atom. The van der Waals surface area contributed by atoms with E-state index in [1.54, 1.807) is 11.8 Å². The summed E-state index contributed by atoms with van der Waals surface area (Å²) < 4.78 is 0. The van der Waals surface area contributed by atoms with Gasteiger partial charge in [0.2, 0.25) is 5.91 Å². The fourth-order valence-electron chi connectivity index (χ4n) is 1.44. The molecule has 0 bridgehead atoms. The summed E-state index contributed by atoms with van der Waals surface area (Å²) in [7, 11) is 0. The molecule has 1 aromatic carbocycles. The second-order valence-electron chi connectivity index (χ2n) is 3.96. The van der Waals surface area contributed by atoms with Crippen molar-refractivity contribution in [1.82, 2.24) is 5.32 Å². The number of hydrogen-bond acceptors (Lipinski definition) is 3. The lowest BCUT2D eigenvalue weighted by Crippen LogP contribution is -2.29. The summed E-state index contributed by atoms with van der Waals surface area (Å²) in [5.74, 6) is 1.94. The molecular weight excluding hydrogens is 244 g/mol. The fourth-order valence-corrected chi connectivity index (χ4v) is 2.06. The van der Waals surface area contributed by atoms with Crippen LogP contribution in [0, 0.1) is 6.92 Å². The molecule has 1 amide bonds. The molecule has 2 N–H and O–H groups in total. The van der Waals surface area contributed by atoms with Gasteiger partial charge in [0.25, 0.3) is 0 Å². The number of aryl methyl sites for hydroxylation is 1. The van der Waals surface area contributed by atoms with Crippen LogP contribution in [0.25, 0.3) is 0 Å². The van der Waals surface area contributed by atoms with E-state index >= 15 is 0 Å². The van der Waals surface area contributed by atoms with Gasteiger partial charge in [-0.05, 0) is 24.6 Å². The first-order valence-electron chi connectivity index (χ1n) is 5.98. The number of carbonyl (C=O) groups is 1. The smallest absolute Gasteiger partial charge is 0.238 e. The van der Waals surface area contributed by atoms with Gasteiger partial charge in [-0.3, -0.25) is 4.79 Å². The van der Waals surface area contributed by atoms with Gasteiger partial charge in [-0.15, -0.1) is 6.58 Å². The highest BCUT2D eigenvalue weighted by Gasteiger charge is 2.01. The molecule has 0 radical (unpaired) electrons. The number of rotatable bonds is 8. The van der Waals surface area contributed by atoms with E-state index in [-0.39, 0.29) is 5.91 Å². The van der Waals surface area contributed by atoms with Crippen molar-refractivity contribution in [3.63, 3.8) is 0 Å². The third-order valence-electron chi connectivity index (χ3n) is 2.25. The Hall–Kier alpha value is -1.26. The van der Waals surface area contributed by atoms with Crippen molar-refractivity contribution >= 4 is 23.4 Å². The molecule has 0 heterocycles. The van der Waals surface area contributed by atoms with Crippen LogP contribution in [0.1, 0.15) is 5.56 Å². The van der Waals surface area contributed by atoms with Crippen molar-refractivity contribution in [2.75, 3.05) is 29.9 Å². The molecule has 0 unspecified atom stereocenters. The summed E-state index contributed by atoms with van der Waals surface area (Å²) in [6.07, 6.45) is 1.88. The molecule has 98 valence electrons. The van der Waals surface area contributed by atoms with Gasteiger partial charge < -0.3 is 10.6 Å². The number of hydrogen-bond donors (Lipinski definition) is 2. The number of anilines is 1. The average Bonchev–Trinajstić information content (AvgIpc) is 2.33. The summed E-state index contributed by atoms with van der Waals surface area (Å²) >= 11 is 1.80. The maximum Gasteiger partial charge on any atom is 0.238 e. The first-order chi connectivity index (χ1) is 8.72. The Labute approximate surface area is 113 Å². The minimum Gasteiger partial charge on any atom is -0.325 e. The molecule has 0 atom stereocenters. The normalized spacial score (nSPS) is 10.1. The van der Waals surface area contributed by atoms with Gasteiger partial charge in [-0.1, -0.05) is 18.2 Å². The van der Waals surface area contributed by atoms with Crippen LogP contribution in [0.3, 0.4) is 0 Å². The number of carbonyl (C=O) groups excluding carboxylic acids is 1. The first-order valence-corrected chi connectivity index (χ1v) is 7.13. The summed E-state index contributed by atoms with van der Waals surface area (Å²) in [6.45, 7) is 6.84. The van der Waals surface area contributed by atoms with E-state index in [1.807, 2.05) is 37.3 Å². The van der Waals surface area contributed by atoms with Gasteiger partial charge in [0, 0.05) is 23.7 Å². The molecule has 0 saturated carbocycles. The maximum absolute atomic E-state index is 11.6. The van der Waals surface area contributed by atoms with Crippen molar-refractivity contribution in [1.29, 1.82) is 0 Å². The molecule has 3 nitrogen and oxygen atoms in total. The van der Waals surface area contributed by atoms with Gasteiger partial charge in [-0.25, -0.2) is 0 Å². The Kier molecular flexibility index (Phi) is 7.22. The molecular formula is C14H20N2OS. The molecule has 1 aromatic rings. The van der Waals surface area contributed by atoms with Crippen LogP contribution in [-0.2, 0) is 4.79 Å². The molecule has 0 saturated heterocycles. The van der Waals surface area contributed by atoms with Crippen LogP contribution < -0.4 is 10.6 Å². The Morgan fingerprint density at radius 1 is 1.50 bits per heavy atom. The van der Waals surface area contributed by atoms with Gasteiger partial charge in [0.1, 0.15) is 0 Å². The number of amides is 1. The predicted octanol–water partition coefficient (Wildman–Crippen LogP) is 2.44. The lowest BCUT2D eigenvalue weighted by molar-refractivity contribution is -0.115. The Bertz CT molecular complexity index is 393. The second-order valence-corrected chi connectivity index (χ2v) is 5.11. The van der Waals surface area contributed by atoms with Crippen LogP contribution in [0.2, 0.25) is 0 Å². The zero-order valence-electron chi connectivity index (χ0n) is 10.7. The van der Waals surface area contributed by atoms with Crippen molar-refractivity contribution in [3.05, 3.63) is 42.5 Å². The summed E-state index contributed by atoms with van der Waals surface area (Å²) in [6, 6.07) is 7.79. The number of benzene rings is 1. The number of nitrogens with one attached hydrogen (secondary N) is 2. The lowest BCUT2D eigenvalue weighted by Gasteiger charge is -2.07. The molecule has 0 fully saturated rings. The zero-order valence-corrected chi connectivity index (χ0v) is 11.6. The number of thioether (sulfide) groups is 1. The standard InChI is InChI=1S/C14H20N2OS/c1-3-8-18-9-7-15-11-14(17)16-13-6-4-5-12(2)10-13/h3-6,10,15H,1,7-9,11H2,2H3,(H,16,17). The lowest BCUT2D eigenvalue weighted by atomic mass is 10.2. The summed E-state index contributed by atoms with van der Waals surface area (Å²) in [5.41, 5.74) is 1.99. The SMILES string of the molecule is C=CCSCCNCC(=O)Nc1cccc(C)c1. The molecule has 18 heavy (non-hydrogen) atoms. The van der Waals surface area contributed by atoms with E-state index in [2.05, 4.69) is 17.2 Å². The van der Waals surface area contributed by atoms with Gasteiger partial charge >= 0.3 is 0 Å². The van der Waals surface area contributed by atoms with Crippen LogP contribution in [0.4, 0.5) is 5.69 Å². The fraction of sp³-hybridized carbons (Fsp3) is 0.357. The zero-order chi connectivity index (χ0) is 13.2. The van der Waals surface area contributed by atoms with Gasteiger partial charge in [0.05, 0.1) is 6.54 Å². The molecule has 0 aromatic heterocycles. The van der Waals surface area contributed by atoms with Crippen LogP contribution >= 0.6 is 11.8 Å². The Morgan fingerprint density at radius 2 is 2.33 bits per heavy atom. The summed E-state index contributed by atoms with van der Waals surface area (Å²) in [5, 5.41) is 5.97.